The molecule has 0 radical (unpaired) electrons. The molecule has 0 bridgehead atoms. The topological polar surface area (TPSA) is 46.1 Å². The number of guanidine groups is 1. The van der Waals surface area contributed by atoms with E-state index < -0.39 is 0 Å². The molecule has 1 aromatic carbocycles. The van der Waals surface area contributed by atoms with Crippen LogP contribution in [0.2, 0.25) is 0 Å². The molecule has 1 spiro atoms. The van der Waals surface area contributed by atoms with Crippen molar-refractivity contribution in [1.82, 2.24) is 10.2 Å². The summed E-state index contributed by atoms with van der Waals surface area (Å²) in [6, 6.07) is 5.99. The molecule has 6 heteroatoms. The number of nitrogens with zero attached hydrogens (tertiary/aromatic N) is 2. The van der Waals surface area contributed by atoms with Gasteiger partial charge in [0.1, 0.15) is 0 Å². The van der Waals surface area contributed by atoms with Crippen molar-refractivity contribution < 1.29 is 9.47 Å². The zero-order chi connectivity index (χ0) is 17.0. The van der Waals surface area contributed by atoms with Crippen LogP contribution in [0.5, 0.6) is 11.5 Å². The summed E-state index contributed by atoms with van der Waals surface area (Å²) in [5.41, 5.74) is 1.71. The van der Waals surface area contributed by atoms with Crippen LogP contribution in [0.25, 0.3) is 0 Å². The molecule has 2 fully saturated rings. The fourth-order valence-electron chi connectivity index (χ4n) is 3.77. The van der Waals surface area contributed by atoms with E-state index in [-0.39, 0.29) is 24.0 Å². The molecule has 0 unspecified atom stereocenters. The van der Waals surface area contributed by atoms with Crippen molar-refractivity contribution in [3.63, 3.8) is 0 Å². The minimum absolute atomic E-state index is 0. The summed E-state index contributed by atoms with van der Waals surface area (Å²) in [4.78, 5) is 7.29. The number of methoxy groups -OCH3 is 2. The minimum Gasteiger partial charge on any atom is -0.493 e. The normalized spacial score (nSPS) is 18.5. The number of hydrogen-bond donors (Lipinski definition) is 1. The van der Waals surface area contributed by atoms with Gasteiger partial charge in [0.2, 0.25) is 0 Å². The molecule has 5 nitrogen and oxygen atoms in total. The molecule has 1 heterocycles. The number of benzene rings is 1. The lowest BCUT2D eigenvalue weighted by Crippen LogP contribution is -2.42. The molecule has 1 aromatic rings. The largest absolute Gasteiger partial charge is 0.493 e. The monoisotopic (exact) mass is 459 g/mol. The summed E-state index contributed by atoms with van der Waals surface area (Å²) >= 11 is 0. The molecule has 140 valence electrons. The standard InChI is InChI=1S/C19H29N3O2.HI/c1-4-20-18(22-11-10-19(14-22)8-5-9-19)21-13-15-6-7-16(23-2)17(12-15)24-3;/h6-7,12H,4-5,8-11,13-14H2,1-3H3,(H,20,21);1H. The highest BCUT2D eigenvalue weighted by Crippen LogP contribution is 2.47. The Labute approximate surface area is 168 Å². The maximum atomic E-state index is 5.38. The molecule has 0 atom stereocenters. The van der Waals surface area contributed by atoms with Gasteiger partial charge in [0.15, 0.2) is 17.5 Å². The molecule has 0 amide bonds. The van der Waals surface area contributed by atoms with Gasteiger partial charge in [-0.2, -0.15) is 0 Å². The van der Waals surface area contributed by atoms with Gasteiger partial charge >= 0.3 is 0 Å². The highest BCUT2D eigenvalue weighted by Gasteiger charge is 2.43. The minimum atomic E-state index is 0. The van der Waals surface area contributed by atoms with E-state index in [0.717, 1.165) is 42.7 Å². The van der Waals surface area contributed by atoms with E-state index in [4.69, 9.17) is 14.5 Å². The van der Waals surface area contributed by atoms with Crippen molar-refractivity contribution in [3.05, 3.63) is 23.8 Å². The Balaban J connectivity index is 0.00000225. The van der Waals surface area contributed by atoms with Gasteiger partial charge < -0.3 is 19.7 Å². The lowest BCUT2D eigenvalue weighted by Gasteiger charge is -2.38. The number of hydrogen-bond acceptors (Lipinski definition) is 3. The van der Waals surface area contributed by atoms with Crippen LogP contribution >= 0.6 is 24.0 Å². The van der Waals surface area contributed by atoms with Gasteiger partial charge in [-0.05, 0) is 49.3 Å². The van der Waals surface area contributed by atoms with Crippen molar-refractivity contribution in [2.75, 3.05) is 33.9 Å². The van der Waals surface area contributed by atoms with Crippen LogP contribution in [0.15, 0.2) is 23.2 Å². The number of aliphatic imine (C=N–C) groups is 1. The second-order valence-corrected chi connectivity index (χ2v) is 6.88. The smallest absolute Gasteiger partial charge is 0.194 e. The highest BCUT2D eigenvalue weighted by molar-refractivity contribution is 14.0. The van der Waals surface area contributed by atoms with Crippen LogP contribution in [-0.2, 0) is 6.54 Å². The van der Waals surface area contributed by atoms with Crippen LogP contribution in [0.3, 0.4) is 0 Å². The number of likely N-dealkylation sites (tertiary alicyclic amines) is 1. The van der Waals surface area contributed by atoms with Gasteiger partial charge in [0.05, 0.1) is 20.8 Å². The van der Waals surface area contributed by atoms with Crippen LogP contribution in [0.1, 0.15) is 38.2 Å². The molecule has 2 aliphatic rings. The van der Waals surface area contributed by atoms with Crippen molar-refractivity contribution in [2.45, 2.75) is 39.2 Å². The number of ether oxygens (including phenoxy) is 2. The lowest BCUT2D eigenvalue weighted by atomic mass is 9.68. The van der Waals surface area contributed by atoms with E-state index in [9.17, 15) is 0 Å². The van der Waals surface area contributed by atoms with Gasteiger partial charge in [0, 0.05) is 19.6 Å². The first-order chi connectivity index (χ1) is 11.7. The van der Waals surface area contributed by atoms with Crippen LogP contribution in [0.4, 0.5) is 0 Å². The Hall–Kier alpha value is -1.18. The molecule has 0 aromatic heterocycles. The van der Waals surface area contributed by atoms with Gasteiger partial charge in [-0.1, -0.05) is 12.5 Å². The Morgan fingerprint density at radius 1 is 1.20 bits per heavy atom. The quantitative estimate of drug-likeness (QED) is 0.415. The third-order valence-corrected chi connectivity index (χ3v) is 5.35. The molecule has 1 saturated carbocycles. The van der Waals surface area contributed by atoms with E-state index in [1.165, 1.54) is 25.7 Å². The van der Waals surface area contributed by atoms with E-state index in [2.05, 4.69) is 17.1 Å². The predicted octanol–water partition coefficient (Wildman–Crippen LogP) is 3.66. The summed E-state index contributed by atoms with van der Waals surface area (Å²) < 4.78 is 10.7. The molecule has 25 heavy (non-hydrogen) atoms. The first-order valence-electron chi connectivity index (χ1n) is 8.94. The van der Waals surface area contributed by atoms with Crippen molar-refractivity contribution in [1.29, 1.82) is 0 Å². The number of nitrogens with one attached hydrogen (secondary N) is 1. The Morgan fingerprint density at radius 3 is 2.52 bits per heavy atom. The van der Waals surface area contributed by atoms with Crippen LogP contribution in [-0.4, -0.2) is 44.7 Å². The molecule has 1 aliphatic heterocycles. The Morgan fingerprint density at radius 2 is 1.96 bits per heavy atom. The molecule has 1 N–H and O–H groups in total. The lowest BCUT2D eigenvalue weighted by molar-refractivity contribution is 0.151. The average molecular weight is 459 g/mol. The maximum Gasteiger partial charge on any atom is 0.194 e. The van der Waals surface area contributed by atoms with E-state index in [0.29, 0.717) is 12.0 Å². The molecular formula is C19H30IN3O2. The molecule has 3 rings (SSSR count). The van der Waals surface area contributed by atoms with E-state index >= 15 is 0 Å². The third kappa shape index (κ3) is 4.51. The molecular weight excluding hydrogens is 429 g/mol. The summed E-state index contributed by atoms with van der Waals surface area (Å²) in [5, 5.41) is 3.45. The Kier molecular flexibility index (Phi) is 7.22. The highest BCUT2D eigenvalue weighted by atomic mass is 127. The van der Waals surface area contributed by atoms with Crippen molar-refractivity contribution >= 4 is 29.9 Å². The molecule has 1 aliphatic carbocycles. The first kappa shape index (κ1) is 20.1. The zero-order valence-corrected chi connectivity index (χ0v) is 17.8. The number of halogens is 1. The zero-order valence-electron chi connectivity index (χ0n) is 15.5. The first-order valence-corrected chi connectivity index (χ1v) is 8.94. The summed E-state index contributed by atoms with van der Waals surface area (Å²) in [6.45, 7) is 5.95. The van der Waals surface area contributed by atoms with Crippen molar-refractivity contribution in [3.8, 4) is 11.5 Å². The van der Waals surface area contributed by atoms with E-state index in [1.54, 1.807) is 14.2 Å². The summed E-state index contributed by atoms with van der Waals surface area (Å²) in [6.07, 6.45) is 5.48. The van der Waals surface area contributed by atoms with Crippen LogP contribution in [0, 0.1) is 5.41 Å². The fourth-order valence-corrected chi connectivity index (χ4v) is 3.77. The van der Waals surface area contributed by atoms with Gasteiger partial charge in [-0.3, -0.25) is 0 Å². The van der Waals surface area contributed by atoms with Gasteiger partial charge in [0.25, 0.3) is 0 Å². The SMILES string of the molecule is CCNC(=NCc1ccc(OC)c(OC)c1)N1CCC2(CCC2)C1.I. The fraction of sp³-hybridized carbons (Fsp3) is 0.632. The predicted molar refractivity (Wildman–Crippen MR) is 112 cm³/mol. The second-order valence-electron chi connectivity index (χ2n) is 6.88. The van der Waals surface area contributed by atoms with E-state index in [1.807, 2.05) is 18.2 Å². The summed E-state index contributed by atoms with van der Waals surface area (Å²) in [7, 11) is 3.32. The number of rotatable bonds is 5. The Bertz CT molecular complexity index is 602. The van der Waals surface area contributed by atoms with Crippen LogP contribution < -0.4 is 14.8 Å². The maximum absolute atomic E-state index is 5.38. The summed E-state index contributed by atoms with van der Waals surface area (Å²) in [5.74, 6) is 2.55. The second kappa shape index (κ2) is 8.96. The van der Waals surface area contributed by atoms with Gasteiger partial charge in [-0.25, -0.2) is 4.99 Å². The van der Waals surface area contributed by atoms with Gasteiger partial charge in [-0.15, -0.1) is 24.0 Å². The third-order valence-electron chi connectivity index (χ3n) is 5.35. The average Bonchev–Trinajstić information content (AvgIpc) is 3.04. The van der Waals surface area contributed by atoms with Crippen molar-refractivity contribution in [2.24, 2.45) is 10.4 Å². The molecule has 1 saturated heterocycles.